The maximum absolute atomic E-state index is 13.2. The van der Waals surface area contributed by atoms with Crippen molar-refractivity contribution in [1.29, 1.82) is 0 Å². The fourth-order valence-electron chi connectivity index (χ4n) is 5.26. The number of hydrogen-bond donors (Lipinski definition) is 2. The second kappa shape index (κ2) is 17.7. The summed E-state index contributed by atoms with van der Waals surface area (Å²) in [7, 11) is -11.3. The van der Waals surface area contributed by atoms with Gasteiger partial charge in [-0.2, -0.15) is 0 Å². The van der Waals surface area contributed by atoms with E-state index in [1.54, 1.807) is 48.6 Å². The van der Waals surface area contributed by atoms with Crippen molar-refractivity contribution in [2.75, 3.05) is 26.4 Å². The average molecular weight is 829 g/mol. The third kappa shape index (κ3) is 10.1. The minimum Gasteiger partial charge on any atom is -0.508 e. The molecule has 0 aliphatic rings. The van der Waals surface area contributed by atoms with Crippen molar-refractivity contribution in [3.8, 4) is 34.5 Å². The van der Waals surface area contributed by atoms with E-state index in [0.717, 1.165) is 0 Å². The van der Waals surface area contributed by atoms with Gasteiger partial charge < -0.3 is 29.2 Å². The third-order valence-corrected chi connectivity index (χ3v) is 13.7. The monoisotopic (exact) mass is 828 g/mol. The molecule has 0 amide bonds. The van der Waals surface area contributed by atoms with Crippen LogP contribution in [0.5, 0.6) is 34.5 Å². The molecule has 0 radical (unpaired) electrons. The first kappa shape index (κ1) is 40.4. The molecule has 0 heterocycles. The van der Waals surface area contributed by atoms with Gasteiger partial charge in [0.25, 0.3) is 0 Å². The molecule has 2 N–H and O–H groups in total. The summed E-state index contributed by atoms with van der Waals surface area (Å²) in [6.07, 6.45) is 3.47. The number of phenols is 2. The maximum atomic E-state index is 13.2. The molecule has 0 spiro atoms. The first-order valence-corrected chi connectivity index (χ1v) is 21.7. The predicted molar refractivity (Wildman–Crippen MR) is 209 cm³/mol. The molecular formula is C42H36O12S3. The summed E-state index contributed by atoms with van der Waals surface area (Å²) in [4.78, 5) is 0.476. The van der Waals surface area contributed by atoms with Gasteiger partial charge in [-0.15, -0.1) is 0 Å². The Hall–Kier alpha value is -6.29. The number of rotatable bonds is 17. The zero-order valence-corrected chi connectivity index (χ0v) is 32.5. The summed E-state index contributed by atoms with van der Waals surface area (Å²) in [5.41, 5.74) is 0. The normalized spacial score (nSPS) is 11.9. The molecule has 0 saturated carbocycles. The minimum absolute atomic E-state index is 0.0244. The van der Waals surface area contributed by atoms with Crippen LogP contribution in [-0.4, -0.2) is 61.9 Å². The van der Waals surface area contributed by atoms with Crippen LogP contribution in [0, 0.1) is 0 Å². The first-order valence-electron chi connectivity index (χ1n) is 17.2. The Labute approximate surface area is 330 Å². The van der Waals surface area contributed by atoms with E-state index in [-0.39, 0.29) is 67.3 Å². The van der Waals surface area contributed by atoms with Gasteiger partial charge in [-0.1, -0.05) is 0 Å². The van der Waals surface area contributed by atoms with Crippen LogP contribution in [0.1, 0.15) is 0 Å². The lowest BCUT2D eigenvalue weighted by atomic mass is 10.3. The molecule has 57 heavy (non-hydrogen) atoms. The zero-order valence-electron chi connectivity index (χ0n) is 30.0. The molecule has 6 aromatic carbocycles. The van der Waals surface area contributed by atoms with Gasteiger partial charge in [0, 0.05) is 0 Å². The van der Waals surface area contributed by atoms with E-state index in [1.807, 2.05) is 0 Å². The van der Waals surface area contributed by atoms with Crippen LogP contribution in [0.3, 0.4) is 0 Å². The minimum atomic E-state index is -3.82. The summed E-state index contributed by atoms with van der Waals surface area (Å²) < 4.78 is 100. The Balaban J connectivity index is 0.912. The molecule has 15 heteroatoms. The molecule has 0 aliphatic heterocycles. The van der Waals surface area contributed by atoms with Crippen LogP contribution in [0.4, 0.5) is 0 Å². The first-order chi connectivity index (χ1) is 27.3. The van der Waals surface area contributed by atoms with Gasteiger partial charge in [0.15, 0.2) is 0 Å². The van der Waals surface area contributed by atoms with E-state index in [0.29, 0.717) is 23.0 Å². The van der Waals surface area contributed by atoms with E-state index in [2.05, 4.69) is 0 Å². The molecule has 0 atom stereocenters. The van der Waals surface area contributed by atoms with Crippen molar-refractivity contribution in [3.05, 3.63) is 158 Å². The highest BCUT2D eigenvalue weighted by Gasteiger charge is 2.20. The summed E-state index contributed by atoms with van der Waals surface area (Å²) in [6.45, 7) is 0.702. The van der Waals surface area contributed by atoms with E-state index < -0.39 is 29.5 Å². The number of phenolic OH excluding ortho intramolecular Hbond substituents is 2. The van der Waals surface area contributed by atoms with Crippen LogP contribution >= 0.6 is 0 Å². The highest BCUT2D eigenvalue weighted by molar-refractivity contribution is 7.92. The lowest BCUT2D eigenvalue weighted by Crippen LogP contribution is -2.09. The summed E-state index contributed by atoms with van der Waals surface area (Å²) in [6, 6.07) is 34.5. The Morgan fingerprint density at radius 2 is 0.544 bits per heavy atom. The van der Waals surface area contributed by atoms with Crippen molar-refractivity contribution >= 4 is 29.5 Å². The molecule has 294 valence electrons. The fraction of sp³-hybridized carbons (Fsp3) is 0.0952. The summed E-state index contributed by atoms with van der Waals surface area (Å²) in [5, 5.41) is 18.8. The smallest absolute Gasteiger partial charge is 0.206 e. The van der Waals surface area contributed by atoms with Crippen LogP contribution in [0.15, 0.2) is 187 Å². The van der Waals surface area contributed by atoms with E-state index in [1.165, 1.54) is 109 Å². The van der Waals surface area contributed by atoms with E-state index >= 15 is 0 Å². The Bertz CT molecular complexity index is 2630. The van der Waals surface area contributed by atoms with Gasteiger partial charge in [0.1, 0.15) is 60.9 Å². The average Bonchev–Trinajstić information content (AvgIpc) is 3.22. The predicted octanol–water partition coefficient (Wildman–Crippen LogP) is 7.07. The molecule has 0 bridgehead atoms. The Morgan fingerprint density at radius 1 is 0.333 bits per heavy atom. The second-order valence-corrected chi connectivity index (χ2v) is 18.0. The molecular weight excluding hydrogens is 793 g/mol. The van der Waals surface area contributed by atoms with Crippen LogP contribution in [0.25, 0.3) is 0 Å². The van der Waals surface area contributed by atoms with Crippen LogP contribution in [0.2, 0.25) is 0 Å². The Morgan fingerprint density at radius 3 is 0.789 bits per heavy atom. The van der Waals surface area contributed by atoms with Gasteiger partial charge in [-0.3, -0.25) is 0 Å². The van der Waals surface area contributed by atoms with Crippen molar-refractivity contribution < 1.29 is 54.4 Å². The maximum Gasteiger partial charge on any atom is 0.206 e. The largest absolute Gasteiger partial charge is 0.508 e. The molecule has 0 fully saturated rings. The summed E-state index contributed by atoms with van der Waals surface area (Å²) >= 11 is 0. The van der Waals surface area contributed by atoms with Gasteiger partial charge in [0.05, 0.1) is 29.4 Å². The molecule has 0 saturated heterocycles. The second-order valence-electron chi connectivity index (χ2n) is 12.2. The van der Waals surface area contributed by atoms with Gasteiger partial charge in [-0.25, -0.2) is 25.3 Å². The molecule has 0 aromatic heterocycles. The summed E-state index contributed by atoms with van der Waals surface area (Å²) in [5.74, 6) is 1.76. The third-order valence-electron chi connectivity index (χ3n) is 8.31. The lowest BCUT2D eigenvalue weighted by Gasteiger charge is -2.10. The quantitative estimate of drug-likeness (QED) is 0.0707. The van der Waals surface area contributed by atoms with Crippen molar-refractivity contribution in [2.24, 2.45) is 0 Å². The standard InChI is InChI=1S/C42H36O12S3/c43-31-3-15-37(16-4-31)55(45,46)39-19-7-33(8-20-39)51-27-1-2-28-52-34-9-21-41(22-10-34)57(49,50)42-25-13-36(14-26-42)54-30-29-53-35-11-23-40(24-12-35)56(47,48)38-17-5-32(44)6-18-38/h1-26,43-44H,27-30H2. The number of benzene rings is 6. The molecule has 0 unspecified atom stereocenters. The lowest BCUT2D eigenvalue weighted by molar-refractivity contribution is 0.217. The van der Waals surface area contributed by atoms with Crippen LogP contribution < -0.4 is 18.9 Å². The SMILES string of the molecule is O=S(=O)(c1ccc(O)cc1)c1ccc(OCC=CCOc2ccc(S(=O)(=O)c3ccc(OCCOc4ccc(S(=O)(=O)c5ccc(O)cc5)cc4)cc3)cc2)cc1. The van der Waals surface area contributed by atoms with Crippen LogP contribution in [-0.2, 0) is 29.5 Å². The highest BCUT2D eigenvalue weighted by atomic mass is 32.2. The fourth-order valence-corrected chi connectivity index (χ4v) is 9.05. The zero-order chi connectivity index (χ0) is 40.5. The Kier molecular flexibility index (Phi) is 12.5. The van der Waals surface area contributed by atoms with Crippen molar-refractivity contribution in [2.45, 2.75) is 29.4 Å². The number of aromatic hydroxyl groups is 2. The van der Waals surface area contributed by atoms with Crippen molar-refractivity contribution in [3.63, 3.8) is 0 Å². The molecule has 6 aromatic rings. The topological polar surface area (TPSA) is 180 Å². The molecule has 12 nitrogen and oxygen atoms in total. The highest BCUT2D eigenvalue weighted by Crippen LogP contribution is 2.28. The van der Waals surface area contributed by atoms with Gasteiger partial charge >= 0.3 is 0 Å². The number of sulfone groups is 3. The van der Waals surface area contributed by atoms with E-state index in [9.17, 15) is 35.5 Å². The molecule has 0 aliphatic carbocycles. The van der Waals surface area contributed by atoms with Crippen molar-refractivity contribution in [1.82, 2.24) is 0 Å². The van der Waals surface area contributed by atoms with E-state index in [4.69, 9.17) is 18.9 Å². The van der Waals surface area contributed by atoms with Gasteiger partial charge in [-0.05, 0) is 158 Å². The molecule has 6 rings (SSSR count). The van der Waals surface area contributed by atoms with Gasteiger partial charge in [0.2, 0.25) is 29.5 Å². The number of ether oxygens (including phenoxy) is 4. The number of hydrogen-bond acceptors (Lipinski definition) is 12.